The number of nitrogens with zero attached hydrogens (tertiary/aromatic N) is 3. The summed E-state index contributed by atoms with van der Waals surface area (Å²) in [5, 5.41) is 10.9. The molecule has 2 aromatic rings. The monoisotopic (exact) mass is 262 g/mol. The fourth-order valence-corrected chi connectivity index (χ4v) is 1.95. The number of hydrogen-bond donors (Lipinski definition) is 1. The molecule has 2 rings (SSSR count). The second-order valence-corrected chi connectivity index (χ2v) is 4.57. The van der Waals surface area contributed by atoms with Crippen molar-refractivity contribution in [1.29, 1.82) is 0 Å². The number of aromatic nitrogens is 3. The summed E-state index contributed by atoms with van der Waals surface area (Å²) >= 11 is 0. The van der Waals surface area contributed by atoms with Crippen molar-refractivity contribution in [2.45, 2.75) is 40.7 Å². The van der Waals surface area contributed by atoms with Gasteiger partial charge in [-0.1, -0.05) is 12.1 Å². The van der Waals surface area contributed by atoms with E-state index in [1.807, 2.05) is 33.8 Å². The number of nitrogens with one attached hydrogen (secondary N) is 1. The van der Waals surface area contributed by atoms with Crippen molar-refractivity contribution in [3.63, 3.8) is 0 Å². The number of carbonyl (C=O) groups is 1. The zero-order valence-corrected chi connectivity index (χ0v) is 11.6. The lowest BCUT2D eigenvalue weighted by molar-refractivity contribution is -0.117. The van der Waals surface area contributed by atoms with Crippen molar-refractivity contribution >= 4 is 11.8 Å². The molecule has 0 fully saturated rings. The van der Waals surface area contributed by atoms with Crippen LogP contribution in [0.25, 0.3) is 0 Å². The van der Waals surface area contributed by atoms with Crippen LogP contribution in [0.15, 0.2) is 10.6 Å². The highest BCUT2D eigenvalue weighted by atomic mass is 16.5. The van der Waals surface area contributed by atoms with E-state index in [0.29, 0.717) is 5.88 Å². The van der Waals surface area contributed by atoms with Crippen LogP contribution in [0.4, 0.5) is 5.88 Å². The smallest absolute Gasteiger partial charge is 0.248 e. The maximum atomic E-state index is 11.9. The summed E-state index contributed by atoms with van der Waals surface area (Å²) in [6.07, 6.45) is 0.780. The van der Waals surface area contributed by atoms with Gasteiger partial charge in [0.15, 0.2) is 0 Å². The van der Waals surface area contributed by atoms with Crippen molar-refractivity contribution in [1.82, 2.24) is 14.9 Å². The first-order valence-electron chi connectivity index (χ1n) is 6.27. The van der Waals surface area contributed by atoms with Crippen LogP contribution in [0, 0.1) is 20.8 Å². The standard InChI is InChI=1S/C13H18N4O2/c1-5-11-10(4)13(19-16-11)14-12(18)7-17-9(3)6-8(2)15-17/h6H,5,7H2,1-4H3,(H,14,18). The first-order chi connectivity index (χ1) is 9.01. The van der Waals surface area contributed by atoms with Crippen LogP contribution >= 0.6 is 0 Å². The molecule has 1 N–H and O–H groups in total. The van der Waals surface area contributed by atoms with Gasteiger partial charge in [0, 0.05) is 11.3 Å². The summed E-state index contributed by atoms with van der Waals surface area (Å²) < 4.78 is 6.78. The van der Waals surface area contributed by atoms with Crippen LogP contribution < -0.4 is 5.32 Å². The van der Waals surface area contributed by atoms with Gasteiger partial charge in [0.25, 0.3) is 0 Å². The third kappa shape index (κ3) is 2.83. The molecule has 19 heavy (non-hydrogen) atoms. The lowest BCUT2D eigenvalue weighted by atomic mass is 10.2. The van der Waals surface area contributed by atoms with E-state index in [1.54, 1.807) is 4.68 Å². The summed E-state index contributed by atoms with van der Waals surface area (Å²) in [7, 11) is 0. The Balaban J connectivity index is 2.05. The third-order valence-corrected chi connectivity index (χ3v) is 3.01. The van der Waals surface area contributed by atoms with Crippen LogP contribution in [-0.4, -0.2) is 20.8 Å². The Bertz CT molecular complexity index is 598. The van der Waals surface area contributed by atoms with Gasteiger partial charge in [-0.05, 0) is 33.3 Å². The van der Waals surface area contributed by atoms with Gasteiger partial charge in [-0.25, -0.2) is 0 Å². The molecule has 2 heterocycles. The maximum absolute atomic E-state index is 11.9. The lowest BCUT2D eigenvalue weighted by Gasteiger charge is -2.04. The topological polar surface area (TPSA) is 73.0 Å². The van der Waals surface area contributed by atoms with Crippen LogP contribution in [0.3, 0.4) is 0 Å². The Labute approximate surface area is 111 Å². The second-order valence-electron chi connectivity index (χ2n) is 4.57. The molecule has 0 atom stereocenters. The molecule has 0 spiro atoms. The van der Waals surface area contributed by atoms with Gasteiger partial charge in [-0.2, -0.15) is 5.10 Å². The van der Waals surface area contributed by atoms with E-state index in [0.717, 1.165) is 29.1 Å². The summed E-state index contributed by atoms with van der Waals surface area (Å²) in [5.41, 5.74) is 3.59. The van der Waals surface area contributed by atoms with Gasteiger partial charge >= 0.3 is 0 Å². The molecule has 2 aromatic heterocycles. The molecule has 0 aliphatic heterocycles. The largest absolute Gasteiger partial charge is 0.338 e. The molecule has 0 aromatic carbocycles. The Morgan fingerprint density at radius 1 is 1.42 bits per heavy atom. The highest BCUT2D eigenvalue weighted by Crippen LogP contribution is 2.18. The highest BCUT2D eigenvalue weighted by molar-refractivity contribution is 5.89. The summed E-state index contributed by atoms with van der Waals surface area (Å²) in [6, 6.07) is 1.93. The minimum absolute atomic E-state index is 0.168. The molecule has 0 aliphatic rings. The second kappa shape index (κ2) is 5.26. The average molecular weight is 262 g/mol. The SMILES string of the molecule is CCc1noc(NC(=O)Cn2nc(C)cc2C)c1C. The molecule has 102 valence electrons. The van der Waals surface area contributed by atoms with Gasteiger partial charge in [-0.15, -0.1) is 0 Å². The molecule has 0 unspecified atom stereocenters. The zero-order chi connectivity index (χ0) is 14.0. The van der Waals surface area contributed by atoms with Crippen molar-refractivity contribution in [2.24, 2.45) is 0 Å². The first kappa shape index (κ1) is 13.3. The lowest BCUT2D eigenvalue weighted by Crippen LogP contribution is -2.20. The van der Waals surface area contributed by atoms with E-state index in [9.17, 15) is 4.79 Å². The van der Waals surface area contributed by atoms with Gasteiger partial charge in [0.2, 0.25) is 11.8 Å². The van der Waals surface area contributed by atoms with Gasteiger partial charge in [-0.3, -0.25) is 14.8 Å². The van der Waals surface area contributed by atoms with Crippen LogP contribution in [0.2, 0.25) is 0 Å². The maximum Gasteiger partial charge on any atom is 0.248 e. The van der Waals surface area contributed by atoms with E-state index in [4.69, 9.17) is 4.52 Å². The summed E-state index contributed by atoms with van der Waals surface area (Å²) in [5.74, 6) is 0.247. The number of carbonyl (C=O) groups excluding carboxylic acids is 1. The van der Waals surface area contributed by atoms with Crippen LogP contribution in [0.1, 0.15) is 29.6 Å². The van der Waals surface area contributed by atoms with Crippen LogP contribution in [-0.2, 0) is 17.8 Å². The molecule has 0 saturated carbocycles. The molecule has 6 nitrogen and oxygen atoms in total. The molecule has 0 bridgehead atoms. The van der Waals surface area contributed by atoms with E-state index in [-0.39, 0.29) is 12.5 Å². The predicted octanol–water partition coefficient (Wildman–Crippen LogP) is 2.00. The van der Waals surface area contributed by atoms with Crippen LogP contribution in [0.5, 0.6) is 0 Å². The van der Waals surface area contributed by atoms with E-state index < -0.39 is 0 Å². The number of rotatable bonds is 4. The molecular formula is C13H18N4O2. The quantitative estimate of drug-likeness (QED) is 0.914. The molecule has 0 aliphatic carbocycles. The minimum atomic E-state index is -0.173. The fourth-order valence-electron chi connectivity index (χ4n) is 1.95. The molecular weight excluding hydrogens is 244 g/mol. The van der Waals surface area contributed by atoms with Crippen molar-refractivity contribution in [3.05, 3.63) is 28.7 Å². The number of aryl methyl sites for hydroxylation is 3. The van der Waals surface area contributed by atoms with Gasteiger partial charge in [0.1, 0.15) is 6.54 Å². The molecule has 0 saturated heterocycles. The van der Waals surface area contributed by atoms with Gasteiger partial charge < -0.3 is 4.52 Å². The number of anilines is 1. The number of amides is 1. The first-order valence-corrected chi connectivity index (χ1v) is 6.27. The Kier molecular flexibility index (Phi) is 3.69. The average Bonchev–Trinajstić information content (AvgIpc) is 2.84. The molecule has 1 amide bonds. The Morgan fingerprint density at radius 3 is 2.68 bits per heavy atom. The Morgan fingerprint density at radius 2 is 2.16 bits per heavy atom. The minimum Gasteiger partial charge on any atom is -0.338 e. The summed E-state index contributed by atoms with van der Waals surface area (Å²) in [4.78, 5) is 11.9. The summed E-state index contributed by atoms with van der Waals surface area (Å²) in [6.45, 7) is 7.86. The van der Waals surface area contributed by atoms with E-state index in [2.05, 4.69) is 15.6 Å². The zero-order valence-electron chi connectivity index (χ0n) is 11.6. The van der Waals surface area contributed by atoms with E-state index in [1.165, 1.54) is 0 Å². The van der Waals surface area contributed by atoms with Crippen molar-refractivity contribution < 1.29 is 9.32 Å². The third-order valence-electron chi connectivity index (χ3n) is 3.01. The Hall–Kier alpha value is -2.11. The predicted molar refractivity (Wildman–Crippen MR) is 70.9 cm³/mol. The van der Waals surface area contributed by atoms with E-state index >= 15 is 0 Å². The highest BCUT2D eigenvalue weighted by Gasteiger charge is 2.14. The normalized spacial score (nSPS) is 10.7. The van der Waals surface area contributed by atoms with Crippen molar-refractivity contribution in [2.75, 3.05) is 5.32 Å². The fraction of sp³-hybridized carbons (Fsp3) is 0.462. The molecule has 6 heteroatoms. The number of hydrogen-bond acceptors (Lipinski definition) is 4. The van der Waals surface area contributed by atoms with Crippen molar-refractivity contribution in [3.8, 4) is 0 Å². The molecule has 0 radical (unpaired) electrons. The van der Waals surface area contributed by atoms with Gasteiger partial charge in [0.05, 0.1) is 11.4 Å².